The van der Waals surface area contributed by atoms with E-state index in [2.05, 4.69) is 9.97 Å². The molecule has 0 bridgehead atoms. The van der Waals surface area contributed by atoms with E-state index in [1.165, 1.54) is 11.3 Å². The normalized spacial score (nSPS) is 12.1. The molecule has 5 aromatic rings. The van der Waals surface area contributed by atoms with Gasteiger partial charge in [0.25, 0.3) is 0 Å². The van der Waals surface area contributed by atoms with Gasteiger partial charge < -0.3 is 9.72 Å². The number of fused-ring (bicyclic) bond motifs is 2. The molecular formula is C24H16N2O3S. The lowest BCUT2D eigenvalue weighted by Crippen LogP contribution is -2.20. The van der Waals surface area contributed by atoms with Crippen molar-refractivity contribution in [1.82, 2.24) is 9.97 Å². The van der Waals surface area contributed by atoms with Gasteiger partial charge in [-0.2, -0.15) is 0 Å². The van der Waals surface area contributed by atoms with Gasteiger partial charge in [-0.25, -0.2) is 9.78 Å². The van der Waals surface area contributed by atoms with Crippen molar-refractivity contribution in [3.8, 4) is 0 Å². The SMILES string of the molecule is O=C(O[C@@H](C(=O)c1c[nH]c2ccccc12)c1ccccc1)c1ccc2ncsc2c1. The molecule has 6 heteroatoms. The number of benzene rings is 3. The number of aromatic amines is 1. The first-order valence-corrected chi connectivity index (χ1v) is 10.3. The second-order valence-electron chi connectivity index (χ2n) is 6.84. The predicted molar refractivity (Wildman–Crippen MR) is 117 cm³/mol. The van der Waals surface area contributed by atoms with Gasteiger partial charge in [0.05, 0.1) is 21.3 Å². The predicted octanol–water partition coefficient (Wildman–Crippen LogP) is 5.56. The van der Waals surface area contributed by atoms with Gasteiger partial charge in [0, 0.05) is 28.2 Å². The zero-order valence-electron chi connectivity index (χ0n) is 15.7. The molecule has 1 N–H and O–H groups in total. The highest BCUT2D eigenvalue weighted by molar-refractivity contribution is 7.16. The van der Waals surface area contributed by atoms with E-state index in [0.29, 0.717) is 16.7 Å². The quantitative estimate of drug-likeness (QED) is 0.303. The number of hydrogen-bond donors (Lipinski definition) is 1. The zero-order valence-corrected chi connectivity index (χ0v) is 16.6. The number of aromatic nitrogens is 2. The molecule has 0 aliphatic rings. The zero-order chi connectivity index (χ0) is 20.5. The molecule has 30 heavy (non-hydrogen) atoms. The molecule has 1 atom stereocenters. The van der Waals surface area contributed by atoms with E-state index >= 15 is 0 Å². The first-order valence-electron chi connectivity index (χ1n) is 9.40. The number of para-hydroxylation sites is 1. The van der Waals surface area contributed by atoms with Gasteiger partial charge in [-0.1, -0.05) is 48.5 Å². The van der Waals surface area contributed by atoms with Crippen molar-refractivity contribution in [1.29, 1.82) is 0 Å². The van der Waals surface area contributed by atoms with Crippen LogP contribution >= 0.6 is 11.3 Å². The molecule has 2 heterocycles. The summed E-state index contributed by atoms with van der Waals surface area (Å²) in [5, 5.41) is 0.797. The summed E-state index contributed by atoms with van der Waals surface area (Å²) >= 11 is 1.45. The number of nitrogens with one attached hydrogen (secondary N) is 1. The van der Waals surface area contributed by atoms with E-state index in [1.807, 2.05) is 42.5 Å². The Bertz CT molecular complexity index is 1370. The number of Topliss-reactive ketones (excluding diaryl/α,β-unsaturated/α-hetero) is 1. The van der Waals surface area contributed by atoms with Crippen LogP contribution in [0.5, 0.6) is 0 Å². The van der Waals surface area contributed by atoms with Gasteiger partial charge in [0.2, 0.25) is 5.78 Å². The molecule has 5 rings (SSSR count). The highest BCUT2D eigenvalue weighted by Gasteiger charge is 2.28. The van der Waals surface area contributed by atoms with Gasteiger partial charge in [0.1, 0.15) is 0 Å². The second kappa shape index (κ2) is 7.57. The Morgan fingerprint density at radius 3 is 2.63 bits per heavy atom. The minimum atomic E-state index is -1.05. The van der Waals surface area contributed by atoms with Crippen LogP contribution in [0.2, 0.25) is 0 Å². The minimum absolute atomic E-state index is 0.272. The van der Waals surface area contributed by atoms with E-state index in [1.54, 1.807) is 42.0 Å². The summed E-state index contributed by atoms with van der Waals surface area (Å²) in [6.45, 7) is 0. The topological polar surface area (TPSA) is 72.1 Å². The summed E-state index contributed by atoms with van der Waals surface area (Å²) < 4.78 is 6.66. The van der Waals surface area contributed by atoms with Crippen molar-refractivity contribution in [3.05, 3.63) is 101 Å². The summed E-state index contributed by atoms with van der Waals surface area (Å²) in [4.78, 5) is 33.7. The van der Waals surface area contributed by atoms with E-state index in [0.717, 1.165) is 21.1 Å². The summed E-state index contributed by atoms with van der Waals surface area (Å²) in [5.74, 6) is -0.821. The van der Waals surface area contributed by atoms with Gasteiger partial charge in [0.15, 0.2) is 6.10 Å². The summed E-state index contributed by atoms with van der Waals surface area (Å²) in [6, 6.07) is 21.8. The lowest BCUT2D eigenvalue weighted by molar-refractivity contribution is 0.0281. The van der Waals surface area contributed by atoms with Crippen LogP contribution in [0.1, 0.15) is 32.4 Å². The highest BCUT2D eigenvalue weighted by atomic mass is 32.1. The third kappa shape index (κ3) is 3.27. The number of rotatable bonds is 5. The fourth-order valence-electron chi connectivity index (χ4n) is 3.47. The molecule has 0 aliphatic heterocycles. The molecule has 0 spiro atoms. The minimum Gasteiger partial charge on any atom is -0.445 e. The number of H-pyrrole nitrogens is 1. The number of nitrogens with zero attached hydrogens (tertiary/aromatic N) is 1. The fraction of sp³-hybridized carbons (Fsp3) is 0.0417. The molecule has 0 aliphatic carbocycles. The number of carbonyl (C=O) groups is 2. The van der Waals surface area contributed by atoms with E-state index in [4.69, 9.17) is 4.74 Å². The highest BCUT2D eigenvalue weighted by Crippen LogP contribution is 2.28. The second-order valence-corrected chi connectivity index (χ2v) is 7.73. The van der Waals surface area contributed by atoms with Gasteiger partial charge in [-0.15, -0.1) is 11.3 Å². The van der Waals surface area contributed by atoms with Crippen molar-refractivity contribution < 1.29 is 14.3 Å². The van der Waals surface area contributed by atoms with Crippen LogP contribution in [0, 0.1) is 0 Å². The molecule has 0 amide bonds. The standard InChI is InChI=1S/C24H16N2O3S/c27-22(18-13-25-19-9-5-4-8-17(18)19)23(15-6-2-1-3-7-15)29-24(28)16-10-11-20-21(12-16)30-14-26-20/h1-14,23,25H/t23-/m1/s1. The number of carbonyl (C=O) groups excluding carboxylic acids is 2. The largest absolute Gasteiger partial charge is 0.445 e. The number of hydrogen-bond acceptors (Lipinski definition) is 5. The Balaban J connectivity index is 1.52. The number of esters is 1. The third-order valence-corrected chi connectivity index (χ3v) is 5.78. The van der Waals surface area contributed by atoms with Crippen molar-refractivity contribution in [2.24, 2.45) is 0 Å². The molecule has 0 unspecified atom stereocenters. The number of ether oxygens (including phenoxy) is 1. The van der Waals surface area contributed by atoms with Crippen molar-refractivity contribution in [2.45, 2.75) is 6.10 Å². The average molecular weight is 412 g/mol. The molecule has 0 fully saturated rings. The van der Waals surface area contributed by atoms with E-state index in [9.17, 15) is 9.59 Å². The van der Waals surface area contributed by atoms with Crippen LogP contribution in [0.4, 0.5) is 0 Å². The maximum Gasteiger partial charge on any atom is 0.339 e. The monoisotopic (exact) mass is 412 g/mol. The van der Waals surface area contributed by atoms with Crippen molar-refractivity contribution in [2.75, 3.05) is 0 Å². The maximum absolute atomic E-state index is 13.5. The first-order chi connectivity index (χ1) is 14.7. The van der Waals surface area contributed by atoms with Gasteiger partial charge >= 0.3 is 5.97 Å². The molecule has 0 saturated carbocycles. The van der Waals surface area contributed by atoms with Crippen LogP contribution in [0.15, 0.2) is 84.5 Å². The lowest BCUT2D eigenvalue weighted by Gasteiger charge is -2.17. The first kappa shape index (κ1) is 18.3. The Morgan fingerprint density at radius 1 is 0.967 bits per heavy atom. The number of thiazole rings is 1. The third-order valence-electron chi connectivity index (χ3n) is 4.99. The molecule has 0 radical (unpaired) electrons. The van der Waals surface area contributed by atoms with Crippen LogP contribution in [-0.4, -0.2) is 21.7 Å². The Hall–Kier alpha value is -3.77. The summed E-state index contributed by atoms with van der Waals surface area (Å²) in [5.41, 5.74) is 4.91. The summed E-state index contributed by atoms with van der Waals surface area (Å²) in [7, 11) is 0. The molecule has 3 aromatic carbocycles. The molecule has 5 nitrogen and oxygen atoms in total. The van der Waals surface area contributed by atoms with Crippen LogP contribution in [0.25, 0.3) is 21.1 Å². The fourth-order valence-corrected chi connectivity index (χ4v) is 4.19. The molecule has 0 saturated heterocycles. The maximum atomic E-state index is 13.5. The lowest BCUT2D eigenvalue weighted by atomic mass is 9.99. The number of ketones is 1. The van der Waals surface area contributed by atoms with E-state index < -0.39 is 12.1 Å². The average Bonchev–Trinajstić information content (AvgIpc) is 3.44. The molecule has 146 valence electrons. The van der Waals surface area contributed by atoms with Crippen molar-refractivity contribution >= 4 is 44.2 Å². The van der Waals surface area contributed by atoms with Crippen LogP contribution < -0.4 is 0 Å². The van der Waals surface area contributed by atoms with Gasteiger partial charge in [-0.3, -0.25) is 4.79 Å². The van der Waals surface area contributed by atoms with E-state index in [-0.39, 0.29) is 5.78 Å². The molecule has 2 aromatic heterocycles. The Morgan fingerprint density at radius 2 is 1.77 bits per heavy atom. The Labute approximate surface area is 176 Å². The van der Waals surface area contributed by atoms with Crippen LogP contribution in [-0.2, 0) is 4.74 Å². The Kier molecular flexibility index (Phi) is 4.61. The van der Waals surface area contributed by atoms with Gasteiger partial charge in [-0.05, 0) is 24.3 Å². The molecular weight excluding hydrogens is 396 g/mol. The smallest absolute Gasteiger partial charge is 0.339 e. The van der Waals surface area contributed by atoms with Crippen LogP contribution in [0.3, 0.4) is 0 Å². The summed E-state index contributed by atoms with van der Waals surface area (Å²) in [6.07, 6.45) is 0.621. The van der Waals surface area contributed by atoms with Crippen molar-refractivity contribution in [3.63, 3.8) is 0 Å².